The van der Waals surface area contributed by atoms with E-state index in [1.54, 1.807) is 9.80 Å². The Morgan fingerprint density at radius 3 is 1.91 bits per heavy atom. The lowest BCUT2D eigenvalue weighted by Crippen LogP contribution is -2.36. The number of rotatable bonds is 0. The minimum Gasteiger partial charge on any atom is -0.444 e. The van der Waals surface area contributed by atoms with E-state index in [9.17, 15) is 19.2 Å². The number of hydrogen-bond donors (Lipinski definition) is 0. The average molecular weight is 477 g/mol. The van der Waals surface area contributed by atoms with Crippen molar-refractivity contribution in [2.45, 2.75) is 79.4 Å². The molecule has 0 N–H and O–H groups in total. The van der Waals surface area contributed by atoms with Crippen LogP contribution in [0, 0.1) is 23.7 Å². The number of likely N-dealkylation sites (tertiary alicyclic amines) is 2. The SMILES string of the molecule is CC1=C2CN(C(=O)OC(C)(C)C)CC2CC1=O.CC1C(=O)CC2CN(C(=O)OC(C)(C)C)CC21. The van der Waals surface area contributed by atoms with Gasteiger partial charge in [0.25, 0.3) is 0 Å². The first-order valence-electron chi connectivity index (χ1n) is 12.3. The molecule has 4 rings (SSSR count). The van der Waals surface area contributed by atoms with Gasteiger partial charge in [0.15, 0.2) is 5.78 Å². The summed E-state index contributed by atoms with van der Waals surface area (Å²) in [6.45, 7) is 17.5. The maximum absolute atomic E-state index is 11.9. The van der Waals surface area contributed by atoms with Crippen LogP contribution in [0.1, 0.15) is 68.2 Å². The van der Waals surface area contributed by atoms with Crippen LogP contribution in [0.15, 0.2) is 11.1 Å². The molecule has 4 aliphatic rings. The second-order valence-corrected chi connectivity index (χ2v) is 12.1. The van der Waals surface area contributed by atoms with Crippen LogP contribution in [-0.4, -0.2) is 70.9 Å². The molecule has 1 saturated carbocycles. The van der Waals surface area contributed by atoms with Crippen molar-refractivity contribution >= 4 is 23.8 Å². The molecule has 0 spiro atoms. The zero-order valence-electron chi connectivity index (χ0n) is 21.9. The van der Waals surface area contributed by atoms with Crippen LogP contribution < -0.4 is 0 Å². The van der Waals surface area contributed by atoms with Gasteiger partial charge in [-0.3, -0.25) is 9.59 Å². The number of carbonyl (C=O) groups is 4. The van der Waals surface area contributed by atoms with E-state index >= 15 is 0 Å². The van der Waals surface area contributed by atoms with E-state index in [2.05, 4.69) is 0 Å². The van der Waals surface area contributed by atoms with E-state index in [-0.39, 0.29) is 29.8 Å². The maximum atomic E-state index is 11.9. The summed E-state index contributed by atoms with van der Waals surface area (Å²) in [4.78, 5) is 50.3. The number of amides is 2. The van der Waals surface area contributed by atoms with E-state index in [0.29, 0.717) is 56.6 Å². The van der Waals surface area contributed by atoms with E-state index in [0.717, 1.165) is 11.1 Å². The lowest BCUT2D eigenvalue weighted by Gasteiger charge is -2.25. The Kier molecular flexibility index (Phi) is 7.21. The molecule has 8 heteroatoms. The molecule has 0 aromatic rings. The van der Waals surface area contributed by atoms with E-state index < -0.39 is 11.2 Å². The van der Waals surface area contributed by atoms with Crippen LogP contribution in [0.4, 0.5) is 9.59 Å². The fraction of sp³-hybridized carbons (Fsp3) is 0.769. The normalized spacial score (nSPS) is 28.6. The van der Waals surface area contributed by atoms with Crippen LogP contribution in [-0.2, 0) is 19.1 Å². The van der Waals surface area contributed by atoms with Gasteiger partial charge >= 0.3 is 12.2 Å². The zero-order chi connectivity index (χ0) is 25.6. The number of hydrogen-bond acceptors (Lipinski definition) is 6. The summed E-state index contributed by atoms with van der Waals surface area (Å²) < 4.78 is 10.7. The first-order chi connectivity index (χ1) is 15.6. The monoisotopic (exact) mass is 476 g/mol. The van der Waals surface area contributed by atoms with Crippen molar-refractivity contribution in [2.75, 3.05) is 26.2 Å². The highest BCUT2D eigenvalue weighted by Gasteiger charge is 2.47. The van der Waals surface area contributed by atoms with Gasteiger partial charge in [-0.25, -0.2) is 9.59 Å². The summed E-state index contributed by atoms with van der Waals surface area (Å²) in [6, 6.07) is 0. The fourth-order valence-corrected chi connectivity index (χ4v) is 5.25. The van der Waals surface area contributed by atoms with Gasteiger partial charge in [0.05, 0.1) is 0 Å². The minimum atomic E-state index is -0.464. The van der Waals surface area contributed by atoms with Crippen molar-refractivity contribution in [2.24, 2.45) is 23.7 Å². The lowest BCUT2D eigenvalue weighted by atomic mass is 9.94. The third-order valence-corrected chi connectivity index (χ3v) is 7.03. The average Bonchev–Trinajstić information content (AvgIpc) is 3.39. The Balaban J connectivity index is 0.000000191. The molecule has 4 atom stereocenters. The second-order valence-electron chi connectivity index (χ2n) is 12.1. The van der Waals surface area contributed by atoms with E-state index in [1.165, 1.54) is 0 Å². The Labute approximate surface area is 203 Å². The Hall–Kier alpha value is -2.38. The summed E-state index contributed by atoms with van der Waals surface area (Å²) >= 11 is 0. The summed E-state index contributed by atoms with van der Waals surface area (Å²) in [7, 11) is 0. The van der Waals surface area contributed by atoms with E-state index in [4.69, 9.17) is 9.47 Å². The zero-order valence-corrected chi connectivity index (χ0v) is 21.9. The van der Waals surface area contributed by atoms with Gasteiger partial charge in [0.2, 0.25) is 0 Å². The van der Waals surface area contributed by atoms with Gasteiger partial charge < -0.3 is 19.3 Å². The number of Topliss-reactive ketones (excluding diaryl/α,β-unsaturated/α-hetero) is 2. The van der Waals surface area contributed by atoms with E-state index in [1.807, 2.05) is 55.4 Å². The molecule has 2 aliphatic heterocycles. The molecule has 2 amide bonds. The van der Waals surface area contributed by atoms with Crippen LogP contribution in [0.5, 0.6) is 0 Å². The Morgan fingerprint density at radius 1 is 0.853 bits per heavy atom. The molecule has 8 nitrogen and oxygen atoms in total. The molecule has 0 bridgehead atoms. The second kappa shape index (κ2) is 9.34. The summed E-state index contributed by atoms with van der Waals surface area (Å²) in [5.74, 6) is 1.61. The highest BCUT2D eigenvalue weighted by Crippen LogP contribution is 2.40. The molecular weight excluding hydrogens is 436 g/mol. The van der Waals surface area contributed by atoms with Crippen LogP contribution >= 0.6 is 0 Å². The van der Waals surface area contributed by atoms with Gasteiger partial charge in [-0.15, -0.1) is 0 Å². The molecule has 2 heterocycles. The van der Waals surface area contributed by atoms with Crippen molar-refractivity contribution in [3.8, 4) is 0 Å². The van der Waals surface area contributed by atoms with Crippen molar-refractivity contribution in [1.82, 2.24) is 9.80 Å². The van der Waals surface area contributed by atoms with Crippen molar-refractivity contribution < 1.29 is 28.7 Å². The highest BCUT2D eigenvalue weighted by molar-refractivity contribution is 5.99. The van der Waals surface area contributed by atoms with Crippen LogP contribution in [0.25, 0.3) is 0 Å². The Morgan fingerprint density at radius 2 is 1.41 bits per heavy atom. The van der Waals surface area contributed by atoms with Crippen LogP contribution in [0.2, 0.25) is 0 Å². The number of ketones is 2. The molecule has 0 aromatic heterocycles. The maximum Gasteiger partial charge on any atom is 0.410 e. The molecule has 0 radical (unpaired) electrons. The summed E-state index contributed by atoms with van der Waals surface area (Å²) in [5.41, 5.74) is 1.06. The molecule has 3 fully saturated rings. The topological polar surface area (TPSA) is 93.2 Å². The molecule has 0 aromatic carbocycles. The van der Waals surface area contributed by atoms with Crippen molar-refractivity contribution in [1.29, 1.82) is 0 Å². The van der Waals surface area contributed by atoms with Gasteiger partial charge in [0, 0.05) is 50.9 Å². The number of ether oxygens (including phenoxy) is 2. The predicted molar refractivity (Wildman–Crippen MR) is 127 cm³/mol. The lowest BCUT2D eigenvalue weighted by molar-refractivity contribution is -0.121. The van der Waals surface area contributed by atoms with Gasteiger partial charge in [-0.1, -0.05) is 6.92 Å². The number of allylic oxidation sites excluding steroid dienone is 1. The molecule has 4 unspecified atom stereocenters. The first kappa shape index (κ1) is 26.2. The molecule has 34 heavy (non-hydrogen) atoms. The third-order valence-electron chi connectivity index (χ3n) is 7.03. The van der Waals surface area contributed by atoms with Gasteiger partial charge in [0.1, 0.15) is 17.0 Å². The first-order valence-corrected chi connectivity index (χ1v) is 12.3. The standard InChI is InChI=1S/C13H21NO3.C13H19NO3/c2*1-8-10-7-14(6-9(10)5-11(8)15)12(16)17-13(2,3)4/h8-10H,5-7H2,1-4H3;9H,5-7H2,1-4H3. The molecule has 2 saturated heterocycles. The highest BCUT2D eigenvalue weighted by atomic mass is 16.6. The summed E-state index contributed by atoms with van der Waals surface area (Å²) in [6.07, 6.45) is 0.664. The summed E-state index contributed by atoms with van der Waals surface area (Å²) in [5, 5.41) is 0. The minimum absolute atomic E-state index is 0.104. The smallest absolute Gasteiger partial charge is 0.410 e. The molecule has 2 aliphatic carbocycles. The van der Waals surface area contributed by atoms with Crippen molar-refractivity contribution in [3.63, 3.8) is 0 Å². The third kappa shape index (κ3) is 5.99. The Bertz CT molecular complexity index is 894. The number of fused-ring (bicyclic) bond motifs is 2. The number of carbonyl (C=O) groups excluding carboxylic acids is 4. The number of nitrogens with zero attached hydrogens (tertiary/aromatic N) is 2. The molecular formula is C26H40N2O6. The quantitative estimate of drug-likeness (QED) is 0.520. The fourth-order valence-electron chi connectivity index (χ4n) is 5.25. The van der Waals surface area contributed by atoms with Gasteiger partial charge in [-0.05, 0) is 71.4 Å². The van der Waals surface area contributed by atoms with Crippen molar-refractivity contribution in [3.05, 3.63) is 11.1 Å². The van der Waals surface area contributed by atoms with Gasteiger partial charge in [-0.2, -0.15) is 0 Å². The predicted octanol–water partition coefficient (Wildman–Crippen LogP) is 4.22. The molecule has 190 valence electrons. The van der Waals surface area contributed by atoms with Crippen LogP contribution in [0.3, 0.4) is 0 Å². The largest absolute Gasteiger partial charge is 0.444 e.